The first-order valence-corrected chi connectivity index (χ1v) is 7.02. The maximum Gasteiger partial charge on any atom is 0.195 e. The van der Waals surface area contributed by atoms with E-state index in [4.69, 9.17) is 15.5 Å². The van der Waals surface area contributed by atoms with Crippen LogP contribution in [0.15, 0.2) is 11.6 Å². The van der Waals surface area contributed by atoms with Crippen molar-refractivity contribution in [3.8, 4) is 0 Å². The largest absolute Gasteiger partial charge is 0.372 e. The molecular weight excluding hydrogens is 248 g/mol. The van der Waals surface area contributed by atoms with Crippen molar-refractivity contribution >= 4 is 22.1 Å². The summed E-state index contributed by atoms with van der Waals surface area (Å²) in [6.07, 6.45) is 2.03. The Bertz CT molecular complexity index is 559. The molecule has 2 N–H and O–H groups in total. The van der Waals surface area contributed by atoms with Gasteiger partial charge in [0, 0.05) is 31.2 Å². The van der Waals surface area contributed by atoms with E-state index in [1.165, 1.54) is 0 Å². The summed E-state index contributed by atoms with van der Waals surface area (Å²) in [6, 6.07) is 0. The smallest absolute Gasteiger partial charge is 0.195 e. The zero-order valence-electron chi connectivity index (χ0n) is 10.7. The Kier molecular flexibility index (Phi) is 2.80. The van der Waals surface area contributed by atoms with Gasteiger partial charge in [0.15, 0.2) is 10.8 Å². The third-order valence-corrected chi connectivity index (χ3v) is 4.02. The minimum Gasteiger partial charge on any atom is -0.372 e. The number of nitrogens with zero attached hydrogens (tertiary/aromatic N) is 3. The molecule has 98 valence electrons. The van der Waals surface area contributed by atoms with Gasteiger partial charge in [-0.15, -0.1) is 11.3 Å². The predicted molar refractivity (Wildman–Crippen MR) is 73.2 cm³/mol. The second-order valence-corrected chi connectivity index (χ2v) is 6.04. The number of morpholine rings is 1. The number of anilines is 1. The van der Waals surface area contributed by atoms with Gasteiger partial charge in [-0.2, -0.15) is 0 Å². The van der Waals surface area contributed by atoms with Crippen molar-refractivity contribution in [3.63, 3.8) is 0 Å². The van der Waals surface area contributed by atoms with Crippen molar-refractivity contribution < 1.29 is 4.74 Å². The molecule has 0 bridgehead atoms. The Morgan fingerprint density at radius 2 is 2.39 bits per heavy atom. The summed E-state index contributed by atoms with van der Waals surface area (Å²) in [5, 5.41) is 2.04. The number of ether oxygens (including phenoxy) is 1. The topological polar surface area (TPSA) is 55.8 Å². The summed E-state index contributed by atoms with van der Waals surface area (Å²) in [4.78, 5) is 8.00. The van der Waals surface area contributed by atoms with Gasteiger partial charge in [-0.05, 0) is 13.8 Å². The second kappa shape index (κ2) is 4.22. The number of hydrogen-bond acceptors (Lipinski definition) is 5. The average Bonchev–Trinajstić information content (AvgIpc) is 2.86. The Labute approximate surface area is 110 Å². The minimum atomic E-state index is -0.124. The zero-order valence-corrected chi connectivity index (χ0v) is 11.5. The SMILES string of the molecule is CC1(C)CN(c2nc3sccn3c2CN)CCO1. The molecule has 0 atom stereocenters. The molecule has 1 aliphatic heterocycles. The Morgan fingerprint density at radius 1 is 1.56 bits per heavy atom. The Morgan fingerprint density at radius 3 is 3.11 bits per heavy atom. The summed E-state index contributed by atoms with van der Waals surface area (Å²) in [5.41, 5.74) is 6.84. The van der Waals surface area contributed by atoms with Crippen LogP contribution in [0.2, 0.25) is 0 Å². The highest BCUT2D eigenvalue weighted by molar-refractivity contribution is 7.15. The monoisotopic (exact) mass is 266 g/mol. The molecular formula is C12H18N4OS. The number of fused-ring (bicyclic) bond motifs is 1. The van der Waals surface area contributed by atoms with Gasteiger partial charge in [0.05, 0.1) is 17.9 Å². The van der Waals surface area contributed by atoms with E-state index in [0.717, 1.165) is 36.2 Å². The number of hydrogen-bond donors (Lipinski definition) is 1. The molecule has 0 amide bonds. The van der Waals surface area contributed by atoms with E-state index in [0.29, 0.717) is 6.54 Å². The maximum absolute atomic E-state index is 5.88. The van der Waals surface area contributed by atoms with Crippen LogP contribution in [0.4, 0.5) is 5.82 Å². The van der Waals surface area contributed by atoms with Crippen LogP contribution < -0.4 is 10.6 Å². The van der Waals surface area contributed by atoms with E-state index >= 15 is 0 Å². The highest BCUT2D eigenvalue weighted by Crippen LogP contribution is 2.28. The Hall–Kier alpha value is -1.11. The molecule has 6 heteroatoms. The van der Waals surface area contributed by atoms with Crippen molar-refractivity contribution in [2.45, 2.75) is 26.0 Å². The van der Waals surface area contributed by atoms with Crippen LogP contribution in [0.25, 0.3) is 4.96 Å². The third kappa shape index (κ3) is 1.90. The van der Waals surface area contributed by atoms with Gasteiger partial charge in [-0.25, -0.2) is 4.98 Å². The summed E-state index contributed by atoms with van der Waals surface area (Å²) in [5.74, 6) is 1.01. The molecule has 0 saturated carbocycles. The van der Waals surface area contributed by atoms with Crippen molar-refractivity contribution in [3.05, 3.63) is 17.3 Å². The standard InChI is InChI=1S/C12H18N4OS/c1-12(2)8-15(3-5-17-12)10-9(7-13)16-4-6-18-11(16)14-10/h4,6H,3,5,7-8,13H2,1-2H3. The average molecular weight is 266 g/mol. The summed E-state index contributed by atoms with van der Waals surface area (Å²) in [6.45, 7) is 7.19. The first kappa shape index (κ1) is 12.0. The van der Waals surface area contributed by atoms with Gasteiger partial charge in [0.25, 0.3) is 0 Å². The van der Waals surface area contributed by atoms with Crippen LogP contribution in [0.1, 0.15) is 19.5 Å². The van der Waals surface area contributed by atoms with Gasteiger partial charge in [-0.3, -0.25) is 4.40 Å². The summed E-state index contributed by atoms with van der Waals surface area (Å²) < 4.78 is 7.83. The molecule has 1 saturated heterocycles. The molecule has 5 nitrogen and oxygen atoms in total. The number of aromatic nitrogens is 2. The lowest BCUT2D eigenvalue weighted by Gasteiger charge is -2.38. The fraction of sp³-hybridized carbons (Fsp3) is 0.583. The molecule has 0 aromatic carbocycles. The highest BCUT2D eigenvalue weighted by atomic mass is 32.1. The van der Waals surface area contributed by atoms with Crippen molar-refractivity contribution in [2.24, 2.45) is 5.73 Å². The fourth-order valence-electron chi connectivity index (χ4n) is 2.46. The molecule has 18 heavy (non-hydrogen) atoms. The molecule has 0 spiro atoms. The van der Waals surface area contributed by atoms with Gasteiger partial charge >= 0.3 is 0 Å². The number of nitrogens with two attached hydrogens (primary N) is 1. The van der Waals surface area contributed by atoms with E-state index in [2.05, 4.69) is 23.1 Å². The lowest BCUT2D eigenvalue weighted by molar-refractivity contribution is -0.0279. The van der Waals surface area contributed by atoms with E-state index in [-0.39, 0.29) is 5.60 Å². The van der Waals surface area contributed by atoms with Crippen LogP contribution in [-0.4, -0.2) is 34.7 Å². The third-order valence-electron chi connectivity index (χ3n) is 3.26. The highest BCUT2D eigenvalue weighted by Gasteiger charge is 2.30. The van der Waals surface area contributed by atoms with Crippen LogP contribution in [-0.2, 0) is 11.3 Å². The molecule has 0 radical (unpaired) electrons. The molecule has 3 heterocycles. The van der Waals surface area contributed by atoms with E-state index in [9.17, 15) is 0 Å². The molecule has 1 aliphatic rings. The van der Waals surface area contributed by atoms with E-state index in [1.807, 2.05) is 11.6 Å². The van der Waals surface area contributed by atoms with Crippen LogP contribution in [0.5, 0.6) is 0 Å². The van der Waals surface area contributed by atoms with Crippen LogP contribution in [0, 0.1) is 0 Å². The molecule has 3 rings (SSSR count). The zero-order chi connectivity index (χ0) is 12.8. The van der Waals surface area contributed by atoms with Gasteiger partial charge in [-0.1, -0.05) is 0 Å². The normalized spacial score (nSPS) is 19.6. The molecule has 0 unspecified atom stereocenters. The fourth-order valence-corrected chi connectivity index (χ4v) is 3.19. The van der Waals surface area contributed by atoms with Crippen molar-refractivity contribution in [2.75, 3.05) is 24.6 Å². The van der Waals surface area contributed by atoms with Gasteiger partial charge in [0.2, 0.25) is 0 Å². The van der Waals surface area contributed by atoms with Crippen LogP contribution >= 0.6 is 11.3 Å². The van der Waals surface area contributed by atoms with Gasteiger partial charge in [0.1, 0.15) is 0 Å². The molecule has 2 aromatic heterocycles. The van der Waals surface area contributed by atoms with Crippen molar-refractivity contribution in [1.29, 1.82) is 0 Å². The predicted octanol–water partition coefficient (Wildman–Crippen LogP) is 1.47. The number of imidazole rings is 1. The van der Waals surface area contributed by atoms with Crippen LogP contribution in [0.3, 0.4) is 0 Å². The summed E-state index contributed by atoms with van der Waals surface area (Å²) >= 11 is 1.64. The lowest BCUT2D eigenvalue weighted by Crippen LogP contribution is -2.48. The van der Waals surface area contributed by atoms with Gasteiger partial charge < -0.3 is 15.4 Å². The first-order valence-electron chi connectivity index (χ1n) is 6.14. The quantitative estimate of drug-likeness (QED) is 0.894. The maximum atomic E-state index is 5.88. The van der Waals surface area contributed by atoms with E-state index in [1.54, 1.807) is 11.3 Å². The first-order chi connectivity index (χ1) is 8.61. The number of thiazole rings is 1. The summed E-state index contributed by atoms with van der Waals surface area (Å²) in [7, 11) is 0. The van der Waals surface area contributed by atoms with Crippen molar-refractivity contribution in [1.82, 2.24) is 9.38 Å². The Balaban J connectivity index is 2.00. The second-order valence-electron chi connectivity index (χ2n) is 5.17. The molecule has 0 aliphatic carbocycles. The lowest BCUT2D eigenvalue weighted by atomic mass is 10.1. The number of rotatable bonds is 2. The molecule has 1 fully saturated rings. The minimum absolute atomic E-state index is 0.124. The van der Waals surface area contributed by atoms with E-state index < -0.39 is 0 Å². The molecule has 2 aromatic rings.